The highest BCUT2D eigenvalue weighted by Gasteiger charge is 2.63. The summed E-state index contributed by atoms with van der Waals surface area (Å²) >= 11 is 0. The van der Waals surface area contributed by atoms with Gasteiger partial charge >= 0.3 is 0 Å². The molecule has 2 fully saturated rings. The monoisotopic (exact) mass is 296 g/mol. The summed E-state index contributed by atoms with van der Waals surface area (Å²) in [7, 11) is 0. The fourth-order valence-electron chi connectivity index (χ4n) is 4.41. The molecule has 0 radical (unpaired) electrons. The normalized spacial score (nSPS) is 29.6. The van der Waals surface area contributed by atoms with Crippen molar-refractivity contribution in [3.05, 3.63) is 22.3 Å². The molecular formula is C19H30F2. The molecule has 1 atom stereocenters. The SMILES string of the molecule is CC1=C2C(=C(C)C(C)C1)CC1(CCCC1)C2(F)F.CCC. The van der Waals surface area contributed by atoms with Crippen LogP contribution >= 0.6 is 0 Å². The summed E-state index contributed by atoms with van der Waals surface area (Å²) in [4.78, 5) is 0. The van der Waals surface area contributed by atoms with Crippen LogP contribution in [0.1, 0.15) is 79.6 Å². The number of alkyl halides is 2. The number of halogens is 2. The Bertz CT molecular complexity index is 462. The van der Waals surface area contributed by atoms with Crippen molar-refractivity contribution in [1.82, 2.24) is 0 Å². The molecule has 21 heavy (non-hydrogen) atoms. The van der Waals surface area contributed by atoms with Gasteiger partial charge in [0.05, 0.1) is 0 Å². The van der Waals surface area contributed by atoms with Crippen molar-refractivity contribution in [2.75, 3.05) is 0 Å². The van der Waals surface area contributed by atoms with Crippen LogP contribution in [-0.4, -0.2) is 5.92 Å². The van der Waals surface area contributed by atoms with Crippen molar-refractivity contribution >= 4 is 0 Å². The molecule has 0 saturated heterocycles. The van der Waals surface area contributed by atoms with Crippen molar-refractivity contribution in [2.24, 2.45) is 11.3 Å². The van der Waals surface area contributed by atoms with E-state index in [1.165, 1.54) is 12.0 Å². The number of allylic oxidation sites excluding steroid dienone is 4. The molecule has 0 aromatic heterocycles. The predicted molar refractivity (Wildman–Crippen MR) is 85.6 cm³/mol. The lowest BCUT2D eigenvalue weighted by Crippen LogP contribution is -2.35. The average molecular weight is 296 g/mol. The van der Waals surface area contributed by atoms with Crippen molar-refractivity contribution in [3.8, 4) is 0 Å². The minimum atomic E-state index is -2.58. The van der Waals surface area contributed by atoms with Crippen molar-refractivity contribution < 1.29 is 8.78 Å². The second-order valence-corrected chi connectivity index (χ2v) is 7.37. The lowest BCUT2D eigenvalue weighted by Gasteiger charge is -2.31. The van der Waals surface area contributed by atoms with Gasteiger partial charge in [-0.1, -0.05) is 51.2 Å². The topological polar surface area (TPSA) is 0 Å². The molecule has 0 heterocycles. The summed E-state index contributed by atoms with van der Waals surface area (Å²) in [6, 6.07) is 0. The Morgan fingerprint density at radius 2 is 1.62 bits per heavy atom. The van der Waals surface area contributed by atoms with Crippen LogP contribution < -0.4 is 0 Å². The second-order valence-electron chi connectivity index (χ2n) is 7.37. The molecule has 120 valence electrons. The highest BCUT2D eigenvalue weighted by molar-refractivity contribution is 5.53. The van der Waals surface area contributed by atoms with Gasteiger partial charge in [0.2, 0.25) is 0 Å². The molecule has 0 aliphatic heterocycles. The van der Waals surface area contributed by atoms with Crippen LogP contribution in [0.15, 0.2) is 22.3 Å². The molecule has 1 unspecified atom stereocenters. The van der Waals surface area contributed by atoms with E-state index in [0.29, 0.717) is 30.8 Å². The van der Waals surface area contributed by atoms with E-state index in [0.717, 1.165) is 30.4 Å². The Hall–Kier alpha value is -0.660. The van der Waals surface area contributed by atoms with E-state index in [-0.39, 0.29) is 0 Å². The molecule has 0 N–H and O–H groups in total. The van der Waals surface area contributed by atoms with Crippen molar-refractivity contribution in [2.45, 2.75) is 85.5 Å². The largest absolute Gasteiger partial charge is 0.279 e. The fraction of sp³-hybridized carbons (Fsp3) is 0.789. The molecule has 0 bridgehead atoms. The molecule has 0 nitrogen and oxygen atoms in total. The Labute approximate surface area is 128 Å². The third-order valence-corrected chi connectivity index (χ3v) is 5.61. The molecule has 0 amide bonds. The standard InChI is InChI=1S/C16H22F2.C3H8/c1-10-8-11(2)14-13(12(10)3)9-15(16(14,17)18)6-4-5-7-15;1-3-2/h10H,4-9H2,1-3H3;3H2,1-2H3. The van der Waals surface area contributed by atoms with Crippen LogP contribution in [0, 0.1) is 11.3 Å². The van der Waals surface area contributed by atoms with Gasteiger partial charge in [-0.05, 0) is 51.0 Å². The van der Waals surface area contributed by atoms with E-state index in [4.69, 9.17) is 0 Å². The predicted octanol–water partition coefficient (Wildman–Crippen LogP) is 6.67. The maximum absolute atomic E-state index is 14.9. The molecule has 0 aromatic rings. The van der Waals surface area contributed by atoms with Crippen LogP contribution in [0.5, 0.6) is 0 Å². The molecule has 1 spiro atoms. The van der Waals surface area contributed by atoms with Crippen LogP contribution in [-0.2, 0) is 0 Å². The van der Waals surface area contributed by atoms with Gasteiger partial charge in [-0.3, -0.25) is 0 Å². The first kappa shape index (κ1) is 16.7. The molecule has 3 rings (SSSR count). The van der Waals surface area contributed by atoms with E-state index in [1.54, 1.807) is 0 Å². The molecule has 2 saturated carbocycles. The van der Waals surface area contributed by atoms with Gasteiger partial charge in [0.1, 0.15) is 0 Å². The van der Waals surface area contributed by atoms with E-state index in [1.807, 2.05) is 6.92 Å². The van der Waals surface area contributed by atoms with Crippen molar-refractivity contribution in [1.29, 1.82) is 0 Å². The van der Waals surface area contributed by atoms with E-state index in [9.17, 15) is 8.78 Å². The van der Waals surface area contributed by atoms with Gasteiger partial charge in [-0.15, -0.1) is 0 Å². The summed E-state index contributed by atoms with van der Waals surface area (Å²) in [6.45, 7) is 10.4. The van der Waals surface area contributed by atoms with E-state index in [2.05, 4.69) is 27.7 Å². The Morgan fingerprint density at radius 1 is 1.10 bits per heavy atom. The zero-order valence-electron chi connectivity index (χ0n) is 14.3. The minimum Gasteiger partial charge on any atom is -0.201 e. The molecule has 0 aromatic carbocycles. The third kappa shape index (κ3) is 2.49. The first-order valence-electron chi connectivity index (χ1n) is 8.58. The maximum atomic E-state index is 14.9. The van der Waals surface area contributed by atoms with Gasteiger partial charge in [-0.2, -0.15) is 0 Å². The molecular weight excluding hydrogens is 266 g/mol. The third-order valence-electron chi connectivity index (χ3n) is 5.61. The van der Waals surface area contributed by atoms with Gasteiger partial charge in [0, 0.05) is 11.0 Å². The highest BCUT2D eigenvalue weighted by atomic mass is 19.3. The van der Waals surface area contributed by atoms with Crippen LogP contribution in [0.3, 0.4) is 0 Å². The Balaban J connectivity index is 0.000000497. The first-order valence-corrected chi connectivity index (χ1v) is 8.58. The summed E-state index contributed by atoms with van der Waals surface area (Å²) < 4.78 is 29.8. The Morgan fingerprint density at radius 3 is 2.14 bits per heavy atom. The average Bonchev–Trinajstić information content (AvgIpc) is 2.94. The zero-order valence-corrected chi connectivity index (χ0v) is 14.3. The summed E-state index contributed by atoms with van der Waals surface area (Å²) in [5.41, 5.74) is 2.87. The first-order chi connectivity index (χ1) is 9.80. The Kier molecular flexibility index (Phi) is 4.66. The van der Waals surface area contributed by atoms with Gasteiger partial charge < -0.3 is 0 Å². The van der Waals surface area contributed by atoms with Gasteiger partial charge in [-0.25, -0.2) is 8.78 Å². The van der Waals surface area contributed by atoms with Crippen LogP contribution in [0.2, 0.25) is 0 Å². The summed E-state index contributed by atoms with van der Waals surface area (Å²) in [5.74, 6) is -2.14. The molecule has 3 aliphatic rings. The fourth-order valence-corrected chi connectivity index (χ4v) is 4.41. The number of hydrogen-bond donors (Lipinski definition) is 0. The smallest absolute Gasteiger partial charge is 0.201 e. The number of fused-ring (bicyclic) bond motifs is 1. The second kappa shape index (κ2) is 5.85. The summed E-state index contributed by atoms with van der Waals surface area (Å²) in [6.07, 6.45) is 6.07. The van der Waals surface area contributed by atoms with E-state index < -0.39 is 11.3 Å². The minimum absolute atomic E-state index is 0.431. The lowest BCUT2D eigenvalue weighted by atomic mass is 9.80. The summed E-state index contributed by atoms with van der Waals surface area (Å²) in [5, 5.41) is 0. The number of rotatable bonds is 0. The maximum Gasteiger partial charge on any atom is 0.279 e. The van der Waals surface area contributed by atoms with E-state index >= 15 is 0 Å². The van der Waals surface area contributed by atoms with Crippen LogP contribution in [0.4, 0.5) is 8.78 Å². The quantitative estimate of drug-likeness (QED) is 0.468. The van der Waals surface area contributed by atoms with Gasteiger partial charge in [0.15, 0.2) is 0 Å². The molecule has 2 heteroatoms. The van der Waals surface area contributed by atoms with Gasteiger partial charge in [0.25, 0.3) is 5.92 Å². The lowest BCUT2D eigenvalue weighted by molar-refractivity contribution is -0.0676. The van der Waals surface area contributed by atoms with Crippen LogP contribution in [0.25, 0.3) is 0 Å². The number of hydrogen-bond acceptors (Lipinski definition) is 0. The zero-order chi connectivity index (χ0) is 15.8. The highest BCUT2D eigenvalue weighted by Crippen LogP contribution is 2.65. The molecule has 3 aliphatic carbocycles. The van der Waals surface area contributed by atoms with Crippen molar-refractivity contribution in [3.63, 3.8) is 0 Å².